The lowest BCUT2D eigenvalue weighted by atomic mass is 9.94. The van der Waals surface area contributed by atoms with Crippen LogP contribution in [-0.2, 0) is 29.0 Å². The summed E-state index contributed by atoms with van der Waals surface area (Å²) in [6, 6.07) is 20.1. The van der Waals surface area contributed by atoms with Crippen molar-refractivity contribution >= 4 is 50.9 Å². The van der Waals surface area contributed by atoms with E-state index in [-0.39, 0.29) is 31.0 Å². The highest BCUT2D eigenvalue weighted by Gasteiger charge is 2.32. The van der Waals surface area contributed by atoms with Gasteiger partial charge in [-0.3, -0.25) is 9.59 Å². The highest BCUT2D eigenvalue weighted by molar-refractivity contribution is 9.10. The zero-order valence-corrected chi connectivity index (χ0v) is 25.8. The molecule has 1 aliphatic carbocycles. The first kappa shape index (κ1) is 30.4. The SMILES string of the molecule is CCc1ccc(OCC(=O)N(Cc2ccc(Cl)cc2Cl)[C@@H](Cc2ccccc2)C(=O)NC2CCCCC2)c(Br)c1. The molecule has 1 saturated carbocycles. The van der Waals surface area contributed by atoms with E-state index in [0.29, 0.717) is 27.8 Å². The third kappa shape index (κ3) is 8.48. The van der Waals surface area contributed by atoms with Gasteiger partial charge in [0.1, 0.15) is 11.8 Å². The molecule has 8 heteroatoms. The fraction of sp³-hybridized carbons (Fsp3) is 0.375. The van der Waals surface area contributed by atoms with Gasteiger partial charge in [-0.2, -0.15) is 0 Å². The normalized spacial score (nSPS) is 14.4. The number of hydrogen-bond donors (Lipinski definition) is 1. The van der Waals surface area contributed by atoms with Crippen molar-refractivity contribution in [3.63, 3.8) is 0 Å². The Morgan fingerprint density at radius 2 is 1.75 bits per heavy atom. The molecular formula is C32H35BrCl2N2O3. The van der Waals surface area contributed by atoms with Crippen LogP contribution in [0.1, 0.15) is 55.7 Å². The van der Waals surface area contributed by atoms with Gasteiger partial charge in [-0.1, -0.05) is 91.9 Å². The third-order valence-electron chi connectivity index (χ3n) is 7.33. The van der Waals surface area contributed by atoms with Crippen molar-refractivity contribution in [1.82, 2.24) is 10.2 Å². The summed E-state index contributed by atoms with van der Waals surface area (Å²) in [4.78, 5) is 29.4. The summed E-state index contributed by atoms with van der Waals surface area (Å²) in [5.41, 5.74) is 2.83. The molecule has 2 amide bonds. The van der Waals surface area contributed by atoms with Gasteiger partial charge in [-0.05, 0) is 76.1 Å². The Hall–Kier alpha value is -2.54. The minimum absolute atomic E-state index is 0.111. The lowest BCUT2D eigenvalue weighted by Gasteiger charge is -2.33. The summed E-state index contributed by atoms with van der Waals surface area (Å²) in [5, 5.41) is 4.19. The van der Waals surface area contributed by atoms with Gasteiger partial charge in [0, 0.05) is 29.1 Å². The molecule has 0 saturated heterocycles. The van der Waals surface area contributed by atoms with Crippen LogP contribution in [0.15, 0.2) is 71.2 Å². The van der Waals surface area contributed by atoms with Gasteiger partial charge in [-0.25, -0.2) is 0 Å². The summed E-state index contributed by atoms with van der Waals surface area (Å²) in [6.45, 7) is 2.00. The standard InChI is InChI=1S/C32H35BrCl2N2O3/c1-2-22-13-16-30(27(33)17-22)40-21-31(38)37(20-24-14-15-25(34)19-28(24)35)29(18-23-9-5-3-6-10-23)32(39)36-26-11-7-4-8-12-26/h3,5-6,9-10,13-17,19,26,29H,2,4,7-8,11-12,18,20-21H2,1H3,(H,36,39)/t29-/m0/s1. The predicted molar refractivity (Wildman–Crippen MR) is 165 cm³/mol. The van der Waals surface area contributed by atoms with Gasteiger partial charge in [0.2, 0.25) is 5.91 Å². The van der Waals surface area contributed by atoms with Crippen molar-refractivity contribution in [3.8, 4) is 5.75 Å². The fourth-order valence-corrected chi connectivity index (χ4v) is 6.04. The zero-order valence-electron chi connectivity index (χ0n) is 22.7. The van der Waals surface area contributed by atoms with Crippen LogP contribution < -0.4 is 10.1 Å². The monoisotopic (exact) mass is 644 g/mol. The van der Waals surface area contributed by atoms with Crippen molar-refractivity contribution < 1.29 is 14.3 Å². The van der Waals surface area contributed by atoms with E-state index in [4.69, 9.17) is 27.9 Å². The molecule has 0 heterocycles. The molecule has 212 valence electrons. The molecule has 0 radical (unpaired) electrons. The number of aryl methyl sites for hydroxylation is 1. The van der Waals surface area contributed by atoms with Crippen molar-refractivity contribution in [2.75, 3.05) is 6.61 Å². The smallest absolute Gasteiger partial charge is 0.261 e. The maximum absolute atomic E-state index is 13.9. The quantitative estimate of drug-likeness (QED) is 0.232. The number of rotatable bonds is 11. The first-order chi connectivity index (χ1) is 19.3. The maximum atomic E-state index is 13.9. The van der Waals surface area contributed by atoms with Crippen molar-refractivity contribution in [3.05, 3.63) is 97.9 Å². The minimum atomic E-state index is -0.752. The lowest BCUT2D eigenvalue weighted by Crippen LogP contribution is -2.53. The lowest BCUT2D eigenvalue weighted by molar-refractivity contribution is -0.143. The molecule has 0 spiro atoms. The van der Waals surface area contributed by atoms with E-state index in [1.54, 1.807) is 23.1 Å². The predicted octanol–water partition coefficient (Wildman–Crippen LogP) is 7.79. The zero-order chi connectivity index (χ0) is 28.5. The molecule has 1 N–H and O–H groups in total. The third-order valence-corrected chi connectivity index (χ3v) is 8.54. The Bertz CT molecular complexity index is 1300. The summed E-state index contributed by atoms with van der Waals surface area (Å²) in [7, 11) is 0. The van der Waals surface area contributed by atoms with Gasteiger partial charge in [0.05, 0.1) is 4.47 Å². The Balaban J connectivity index is 1.63. The van der Waals surface area contributed by atoms with Crippen LogP contribution in [0.4, 0.5) is 0 Å². The summed E-state index contributed by atoms with van der Waals surface area (Å²) in [6.07, 6.45) is 6.53. The topological polar surface area (TPSA) is 58.6 Å². The second kappa shape index (κ2) is 14.9. The molecule has 0 aromatic heterocycles. The number of amides is 2. The summed E-state index contributed by atoms with van der Waals surface area (Å²) < 4.78 is 6.75. The van der Waals surface area contributed by atoms with E-state index in [0.717, 1.165) is 47.7 Å². The van der Waals surface area contributed by atoms with E-state index in [9.17, 15) is 9.59 Å². The Kier molecular flexibility index (Phi) is 11.3. The number of carbonyl (C=O) groups is 2. The van der Waals surface area contributed by atoms with Crippen molar-refractivity contribution in [2.24, 2.45) is 0 Å². The minimum Gasteiger partial charge on any atom is -0.483 e. The highest BCUT2D eigenvalue weighted by atomic mass is 79.9. The van der Waals surface area contributed by atoms with Crippen LogP contribution in [-0.4, -0.2) is 35.4 Å². The largest absolute Gasteiger partial charge is 0.483 e. The number of benzene rings is 3. The Morgan fingerprint density at radius 3 is 2.42 bits per heavy atom. The first-order valence-electron chi connectivity index (χ1n) is 13.8. The van der Waals surface area contributed by atoms with E-state index in [1.807, 2.05) is 48.5 Å². The van der Waals surface area contributed by atoms with Crippen LogP contribution in [0.3, 0.4) is 0 Å². The second-order valence-corrected chi connectivity index (χ2v) is 11.9. The first-order valence-corrected chi connectivity index (χ1v) is 15.4. The molecule has 3 aromatic rings. The average Bonchev–Trinajstić information content (AvgIpc) is 2.96. The van der Waals surface area contributed by atoms with Gasteiger partial charge in [0.15, 0.2) is 6.61 Å². The second-order valence-electron chi connectivity index (χ2n) is 10.2. The Labute approximate surface area is 255 Å². The van der Waals surface area contributed by atoms with Crippen LogP contribution in [0.5, 0.6) is 5.75 Å². The van der Waals surface area contributed by atoms with Gasteiger partial charge >= 0.3 is 0 Å². The molecule has 3 aromatic carbocycles. The highest BCUT2D eigenvalue weighted by Crippen LogP contribution is 2.28. The molecule has 40 heavy (non-hydrogen) atoms. The van der Waals surface area contributed by atoms with Crippen LogP contribution >= 0.6 is 39.1 Å². The maximum Gasteiger partial charge on any atom is 0.261 e. The fourth-order valence-electron chi connectivity index (χ4n) is 5.04. The Morgan fingerprint density at radius 1 is 1.00 bits per heavy atom. The van der Waals surface area contributed by atoms with E-state index >= 15 is 0 Å². The van der Waals surface area contributed by atoms with Crippen LogP contribution in [0.25, 0.3) is 0 Å². The van der Waals surface area contributed by atoms with E-state index in [2.05, 4.69) is 28.2 Å². The molecule has 1 fully saturated rings. The molecule has 0 aliphatic heterocycles. The van der Waals surface area contributed by atoms with Crippen molar-refractivity contribution in [2.45, 2.75) is 70.5 Å². The number of nitrogens with zero attached hydrogens (tertiary/aromatic N) is 1. The number of ether oxygens (including phenoxy) is 1. The molecule has 0 unspecified atom stereocenters. The van der Waals surface area contributed by atoms with Gasteiger partial charge in [0.25, 0.3) is 5.91 Å². The molecule has 5 nitrogen and oxygen atoms in total. The molecule has 4 rings (SSSR count). The average molecular weight is 646 g/mol. The molecule has 1 aliphatic rings. The van der Waals surface area contributed by atoms with Crippen LogP contribution in [0.2, 0.25) is 10.0 Å². The molecule has 0 bridgehead atoms. The van der Waals surface area contributed by atoms with E-state index in [1.165, 1.54) is 6.42 Å². The number of carbonyl (C=O) groups excluding carboxylic acids is 2. The van der Waals surface area contributed by atoms with Crippen LogP contribution in [0, 0.1) is 0 Å². The van der Waals surface area contributed by atoms with Gasteiger partial charge in [-0.15, -0.1) is 0 Å². The molecular weight excluding hydrogens is 611 g/mol. The number of halogens is 3. The summed E-state index contributed by atoms with van der Waals surface area (Å²) >= 11 is 16.2. The van der Waals surface area contributed by atoms with Gasteiger partial charge < -0.3 is 15.0 Å². The summed E-state index contributed by atoms with van der Waals surface area (Å²) in [5.74, 6) is 0.0983. The molecule has 1 atom stereocenters. The number of nitrogens with one attached hydrogen (secondary N) is 1. The van der Waals surface area contributed by atoms with E-state index < -0.39 is 6.04 Å². The van der Waals surface area contributed by atoms with Crippen molar-refractivity contribution in [1.29, 1.82) is 0 Å². The number of hydrogen-bond acceptors (Lipinski definition) is 3.